The smallest absolute Gasteiger partial charge is 0.274 e. The monoisotopic (exact) mass is 500 g/mol. The van der Waals surface area contributed by atoms with Gasteiger partial charge in [0.25, 0.3) is 0 Å². The zero-order valence-electron chi connectivity index (χ0n) is 20.4. The van der Waals surface area contributed by atoms with E-state index in [1.165, 1.54) is 9.80 Å². The number of amides is 4. The Bertz CT molecular complexity index is 1030. The highest BCUT2D eigenvalue weighted by Crippen LogP contribution is 2.25. The van der Waals surface area contributed by atoms with Gasteiger partial charge in [-0.25, -0.2) is 9.59 Å². The van der Waals surface area contributed by atoms with E-state index in [4.69, 9.17) is 23.2 Å². The second-order valence-corrected chi connectivity index (χ2v) is 11.1. The molecule has 6 nitrogen and oxygen atoms in total. The third-order valence-corrected chi connectivity index (χ3v) is 5.74. The summed E-state index contributed by atoms with van der Waals surface area (Å²) < 4.78 is 0. The van der Waals surface area contributed by atoms with E-state index >= 15 is 0 Å². The van der Waals surface area contributed by atoms with Gasteiger partial charge >= 0.3 is 12.1 Å². The minimum atomic E-state index is -0.651. The maximum Gasteiger partial charge on any atom is 0.351 e. The summed E-state index contributed by atoms with van der Waals surface area (Å²) in [4.78, 5) is 39.1. The molecule has 34 heavy (non-hydrogen) atoms. The highest BCUT2D eigenvalue weighted by Gasteiger charge is 2.38. The Kier molecular flexibility index (Phi) is 7.53. The highest BCUT2D eigenvalue weighted by atomic mass is 35.5. The number of carbonyl (C=O) groups is 2. The molecule has 0 aliphatic carbocycles. The highest BCUT2D eigenvalue weighted by molar-refractivity contribution is 6.30. The van der Waals surface area contributed by atoms with E-state index in [9.17, 15) is 9.59 Å². The normalized spacial score (nSPS) is 18.7. The molecule has 0 atom stereocenters. The molecule has 0 radical (unpaired) electrons. The van der Waals surface area contributed by atoms with Crippen LogP contribution in [0.25, 0.3) is 0 Å². The van der Waals surface area contributed by atoms with Gasteiger partial charge in [-0.2, -0.15) is 9.98 Å². The number of urea groups is 2. The number of hydrogen-bond acceptors (Lipinski definition) is 2. The lowest BCUT2D eigenvalue weighted by molar-refractivity contribution is 0.188. The summed E-state index contributed by atoms with van der Waals surface area (Å²) in [5, 5.41) is 1.22. The minimum absolute atomic E-state index is 0.284. The van der Waals surface area contributed by atoms with E-state index in [0.29, 0.717) is 21.7 Å². The van der Waals surface area contributed by atoms with Crippen LogP contribution in [0, 0.1) is 0 Å². The first-order valence-corrected chi connectivity index (χ1v) is 11.8. The summed E-state index contributed by atoms with van der Waals surface area (Å²) in [6.07, 6.45) is 0.567. The van der Waals surface area contributed by atoms with Crippen molar-refractivity contribution in [1.29, 1.82) is 0 Å². The van der Waals surface area contributed by atoms with Gasteiger partial charge in [-0.15, -0.1) is 0 Å². The van der Waals surface area contributed by atoms with E-state index in [0.717, 1.165) is 11.1 Å². The molecule has 2 aromatic rings. The van der Waals surface area contributed by atoms with Gasteiger partial charge in [-0.3, -0.25) is 9.80 Å². The second kappa shape index (κ2) is 9.88. The Hall–Kier alpha value is -2.70. The Morgan fingerprint density at radius 1 is 0.618 bits per heavy atom. The Balaban J connectivity index is 2.11. The Labute approximate surface area is 211 Å². The number of halogens is 2. The van der Waals surface area contributed by atoms with Crippen molar-refractivity contribution in [3.63, 3.8) is 0 Å². The van der Waals surface area contributed by atoms with Crippen molar-refractivity contribution in [3.8, 4) is 0 Å². The molecule has 0 unspecified atom stereocenters. The molecule has 0 fully saturated rings. The van der Waals surface area contributed by atoms with E-state index in [2.05, 4.69) is 9.98 Å². The summed E-state index contributed by atoms with van der Waals surface area (Å²) in [7, 11) is 0. The topological polar surface area (TPSA) is 65.3 Å². The number of carbonyl (C=O) groups excluding carboxylic acids is 2. The largest absolute Gasteiger partial charge is 0.351 e. The molecule has 2 aromatic carbocycles. The maximum atomic E-state index is 13.6. The first kappa shape index (κ1) is 25.9. The summed E-state index contributed by atoms with van der Waals surface area (Å²) in [6.45, 7) is 11.4. The third kappa shape index (κ3) is 6.24. The first-order chi connectivity index (χ1) is 15.8. The molecular formula is C26H30Cl2N4O2. The number of benzene rings is 2. The van der Waals surface area contributed by atoms with Crippen molar-refractivity contribution in [3.05, 3.63) is 69.7 Å². The number of aliphatic imine (C=N–C) groups is 2. The minimum Gasteiger partial charge on any atom is -0.274 e. The molecule has 1 aliphatic rings. The molecule has 1 heterocycles. The molecule has 0 spiro atoms. The molecule has 0 N–H and O–H groups in total. The van der Waals surface area contributed by atoms with Gasteiger partial charge in [0, 0.05) is 34.0 Å². The molecule has 0 saturated carbocycles. The van der Waals surface area contributed by atoms with Gasteiger partial charge in [0.1, 0.15) is 11.7 Å². The SMILES string of the molecule is CC(C)(C)N1C(=O)/N=C(/Cc2ccc(Cl)cc2)N(C(C)(C)C)C(=O)/N=C\1Cc1ccc(Cl)cc1. The van der Waals surface area contributed by atoms with Crippen LogP contribution in [-0.4, -0.2) is 44.6 Å². The molecule has 180 valence electrons. The number of rotatable bonds is 4. The quantitative estimate of drug-likeness (QED) is 0.452. The molecule has 0 saturated heterocycles. The van der Waals surface area contributed by atoms with Gasteiger partial charge in [-0.05, 0) is 76.9 Å². The molecular weight excluding hydrogens is 471 g/mol. The van der Waals surface area contributed by atoms with Crippen LogP contribution in [0.5, 0.6) is 0 Å². The summed E-state index contributed by atoms with van der Waals surface area (Å²) in [5.41, 5.74) is 0.459. The molecule has 1 aliphatic heterocycles. The van der Waals surface area contributed by atoms with Crippen LogP contribution in [-0.2, 0) is 12.8 Å². The fourth-order valence-electron chi connectivity index (χ4n) is 3.80. The Morgan fingerprint density at radius 2 is 0.912 bits per heavy atom. The van der Waals surface area contributed by atoms with Gasteiger partial charge in [0.2, 0.25) is 0 Å². The Morgan fingerprint density at radius 3 is 1.18 bits per heavy atom. The van der Waals surface area contributed by atoms with Gasteiger partial charge in [0.15, 0.2) is 0 Å². The maximum absolute atomic E-state index is 13.6. The standard InChI is InChI=1S/C26H30Cl2N4O2/c1-25(2,3)31-21(15-17-7-11-19(27)12-8-17)29-24(34)32(26(4,5)6)22(30-23(31)33)16-18-9-13-20(28)14-10-18/h7-14H,15-16H2,1-6H3/b29-21-,30-22-. The average Bonchev–Trinajstić information content (AvgIpc) is 2.68. The van der Waals surface area contributed by atoms with E-state index in [1.54, 1.807) is 24.3 Å². The van der Waals surface area contributed by atoms with Crippen LogP contribution in [0.4, 0.5) is 9.59 Å². The lowest BCUT2D eigenvalue weighted by Gasteiger charge is -2.40. The van der Waals surface area contributed by atoms with Crippen molar-refractivity contribution >= 4 is 46.9 Å². The fourth-order valence-corrected chi connectivity index (χ4v) is 4.05. The molecule has 0 aromatic heterocycles. The van der Waals surface area contributed by atoms with Crippen LogP contribution < -0.4 is 0 Å². The summed E-state index contributed by atoms with van der Waals surface area (Å²) in [5.74, 6) is 0.682. The van der Waals surface area contributed by atoms with Gasteiger partial charge < -0.3 is 0 Å². The van der Waals surface area contributed by atoms with Crippen LogP contribution in [0.3, 0.4) is 0 Å². The predicted molar refractivity (Wildman–Crippen MR) is 139 cm³/mol. The van der Waals surface area contributed by atoms with Crippen molar-refractivity contribution in [2.75, 3.05) is 0 Å². The average molecular weight is 501 g/mol. The van der Waals surface area contributed by atoms with Crippen LogP contribution >= 0.6 is 23.2 Å². The van der Waals surface area contributed by atoms with Gasteiger partial charge in [0.05, 0.1) is 0 Å². The van der Waals surface area contributed by atoms with Crippen molar-refractivity contribution in [2.24, 2.45) is 9.98 Å². The van der Waals surface area contributed by atoms with Crippen molar-refractivity contribution < 1.29 is 9.59 Å². The first-order valence-electron chi connectivity index (χ1n) is 11.1. The zero-order chi connectivity index (χ0) is 25.3. The van der Waals surface area contributed by atoms with Crippen LogP contribution in [0.15, 0.2) is 58.5 Å². The zero-order valence-corrected chi connectivity index (χ0v) is 21.9. The van der Waals surface area contributed by atoms with E-state index in [-0.39, 0.29) is 12.8 Å². The second-order valence-electron chi connectivity index (χ2n) is 10.2. The lowest BCUT2D eigenvalue weighted by atomic mass is 10.0. The van der Waals surface area contributed by atoms with Crippen LogP contribution in [0.1, 0.15) is 52.7 Å². The summed E-state index contributed by atoms with van der Waals surface area (Å²) >= 11 is 12.1. The molecule has 3 rings (SSSR count). The van der Waals surface area contributed by atoms with E-state index < -0.39 is 23.1 Å². The van der Waals surface area contributed by atoms with Crippen molar-refractivity contribution in [1.82, 2.24) is 9.80 Å². The number of amidine groups is 2. The fraction of sp³-hybridized carbons (Fsp3) is 0.385. The predicted octanol–water partition coefficient (Wildman–Crippen LogP) is 7.03. The molecule has 4 amide bonds. The molecule has 8 heteroatoms. The van der Waals surface area contributed by atoms with Gasteiger partial charge in [-0.1, -0.05) is 47.5 Å². The number of nitrogens with zero attached hydrogens (tertiary/aromatic N) is 4. The van der Waals surface area contributed by atoms with E-state index in [1.807, 2.05) is 65.8 Å². The molecule has 0 bridgehead atoms. The summed E-state index contributed by atoms with van der Waals surface area (Å²) in [6, 6.07) is 13.6. The number of hydrogen-bond donors (Lipinski definition) is 0. The van der Waals surface area contributed by atoms with Crippen molar-refractivity contribution in [2.45, 2.75) is 65.5 Å². The van der Waals surface area contributed by atoms with Crippen LogP contribution in [0.2, 0.25) is 10.0 Å². The lowest BCUT2D eigenvalue weighted by Crippen LogP contribution is -2.55. The third-order valence-electron chi connectivity index (χ3n) is 5.24.